The second-order valence-electron chi connectivity index (χ2n) is 4.45. The van der Waals surface area contributed by atoms with Gasteiger partial charge in [0.05, 0.1) is 12.1 Å². The molecule has 0 fully saturated rings. The van der Waals surface area contributed by atoms with E-state index in [2.05, 4.69) is 15.9 Å². The van der Waals surface area contributed by atoms with Crippen LogP contribution in [0.1, 0.15) is 17.2 Å². The Kier molecular flexibility index (Phi) is 6.62. The summed E-state index contributed by atoms with van der Waals surface area (Å²) < 4.78 is 14.4. The van der Waals surface area contributed by atoms with Crippen LogP contribution < -0.4 is 5.73 Å². The number of aliphatic hydroxyl groups is 1. The van der Waals surface area contributed by atoms with E-state index in [1.54, 1.807) is 12.1 Å². The number of hydrogen-bond donors (Lipinski definition) is 2. The van der Waals surface area contributed by atoms with Crippen LogP contribution >= 0.6 is 28.3 Å². The highest BCUT2D eigenvalue weighted by Gasteiger charge is 2.20. The van der Waals surface area contributed by atoms with E-state index in [4.69, 9.17) is 5.73 Å². The van der Waals surface area contributed by atoms with Crippen LogP contribution in [0.25, 0.3) is 0 Å². The molecule has 3 N–H and O–H groups in total. The molecule has 0 aromatic heterocycles. The summed E-state index contributed by atoms with van der Waals surface area (Å²) in [7, 11) is 0. The van der Waals surface area contributed by atoms with Gasteiger partial charge < -0.3 is 10.8 Å². The maximum atomic E-state index is 13.8. The maximum absolute atomic E-state index is 13.8. The van der Waals surface area contributed by atoms with E-state index in [1.165, 1.54) is 6.07 Å². The predicted molar refractivity (Wildman–Crippen MR) is 84.4 cm³/mol. The van der Waals surface area contributed by atoms with E-state index < -0.39 is 18.0 Å². The van der Waals surface area contributed by atoms with Crippen LogP contribution in [0.3, 0.4) is 0 Å². The lowest BCUT2D eigenvalue weighted by atomic mass is 9.96. The molecule has 2 rings (SSSR count). The fourth-order valence-corrected chi connectivity index (χ4v) is 2.29. The molecular formula is C15H16BrClFNO. The van der Waals surface area contributed by atoms with Gasteiger partial charge in [0.25, 0.3) is 0 Å². The Balaban J connectivity index is 0.00000200. The highest BCUT2D eigenvalue weighted by Crippen LogP contribution is 2.23. The van der Waals surface area contributed by atoms with E-state index in [9.17, 15) is 9.50 Å². The molecule has 2 aromatic rings. The van der Waals surface area contributed by atoms with Gasteiger partial charge in [0, 0.05) is 16.5 Å². The topological polar surface area (TPSA) is 46.2 Å². The third kappa shape index (κ3) is 4.28. The van der Waals surface area contributed by atoms with Crippen molar-refractivity contribution in [1.29, 1.82) is 0 Å². The third-order valence-corrected chi connectivity index (χ3v) is 3.52. The number of nitrogens with two attached hydrogens (primary N) is 1. The Morgan fingerprint density at radius 1 is 1.15 bits per heavy atom. The molecule has 0 aliphatic rings. The number of halogens is 3. The molecule has 0 spiro atoms. The molecule has 20 heavy (non-hydrogen) atoms. The summed E-state index contributed by atoms with van der Waals surface area (Å²) in [4.78, 5) is 0. The van der Waals surface area contributed by atoms with E-state index >= 15 is 0 Å². The van der Waals surface area contributed by atoms with Crippen molar-refractivity contribution in [3.63, 3.8) is 0 Å². The van der Waals surface area contributed by atoms with Crippen molar-refractivity contribution in [1.82, 2.24) is 0 Å². The minimum atomic E-state index is -0.821. The predicted octanol–water partition coefficient (Wildman–Crippen LogP) is 3.61. The summed E-state index contributed by atoms with van der Waals surface area (Å²) in [5.74, 6) is -0.408. The maximum Gasteiger partial charge on any atom is 0.129 e. The number of rotatable bonds is 4. The van der Waals surface area contributed by atoms with Crippen LogP contribution in [0.5, 0.6) is 0 Å². The summed E-state index contributed by atoms with van der Waals surface area (Å²) >= 11 is 3.19. The van der Waals surface area contributed by atoms with Gasteiger partial charge in [-0.05, 0) is 17.7 Å². The summed E-state index contributed by atoms with van der Waals surface area (Å²) in [5, 5.41) is 10.1. The first-order valence-corrected chi connectivity index (χ1v) is 6.80. The first-order valence-electron chi connectivity index (χ1n) is 6.00. The average molecular weight is 361 g/mol. The van der Waals surface area contributed by atoms with Gasteiger partial charge in [0.2, 0.25) is 0 Å². The van der Waals surface area contributed by atoms with Crippen LogP contribution in [0.4, 0.5) is 4.39 Å². The van der Waals surface area contributed by atoms with Crippen molar-refractivity contribution in [3.05, 3.63) is 69.9 Å². The molecule has 0 bridgehead atoms. The van der Waals surface area contributed by atoms with Crippen LogP contribution in [0.15, 0.2) is 53.0 Å². The molecule has 2 aromatic carbocycles. The molecule has 0 saturated carbocycles. The lowest BCUT2D eigenvalue weighted by molar-refractivity contribution is 0.143. The number of benzene rings is 2. The molecular weight excluding hydrogens is 345 g/mol. The largest absolute Gasteiger partial charge is 0.391 e. The molecule has 5 heteroatoms. The van der Waals surface area contributed by atoms with Gasteiger partial charge in [0.1, 0.15) is 5.82 Å². The molecule has 0 heterocycles. The normalized spacial score (nSPS) is 13.4. The highest BCUT2D eigenvalue weighted by molar-refractivity contribution is 9.10. The molecule has 0 amide bonds. The van der Waals surface area contributed by atoms with Gasteiger partial charge in [-0.2, -0.15) is 0 Å². The minimum absolute atomic E-state index is 0. The van der Waals surface area contributed by atoms with Gasteiger partial charge in [0.15, 0.2) is 0 Å². The second-order valence-corrected chi connectivity index (χ2v) is 5.36. The van der Waals surface area contributed by atoms with Crippen molar-refractivity contribution in [2.45, 2.75) is 18.6 Å². The standard InChI is InChI=1S/C15H15BrFNO.ClH/c16-11-6-7-12(13(17)9-11)15(18)14(19)8-10-4-2-1-3-5-10;/h1-7,9,14-15,19H,8,18H2;1H/t14-,15+;/m0./s1. The SMILES string of the molecule is Cl.N[C@H](c1ccc(Br)cc1F)[C@@H](O)Cc1ccccc1. The van der Waals surface area contributed by atoms with Crippen LogP contribution in [0, 0.1) is 5.82 Å². The molecule has 0 aliphatic carbocycles. The molecule has 2 atom stereocenters. The molecule has 0 radical (unpaired) electrons. The summed E-state index contributed by atoms with van der Waals surface area (Å²) in [6.07, 6.45) is -0.421. The number of aliphatic hydroxyl groups excluding tert-OH is 1. The summed E-state index contributed by atoms with van der Waals surface area (Å²) in [6, 6.07) is 13.4. The van der Waals surface area contributed by atoms with Crippen molar-refractivity contribution < 1.29 is 9.50 Å². The lowest BCUT2D eigenvalue weighted by Crippen LogP contribution is -2.28. The van der Waals surface area contributed by atoms with Crippen LogP contribution in [-0.4, -0.2) is 11.2 Å². The van der Waals surface area contributed by atoms with Crippen molar-refractivity contribution in [3.8, 4) is 0 Å². The Morgan fingerprint density at radius 2 is 1.80 bits per heavy atom. The molecule has 108 valence electrons. The zero-order chi connectivity index (χ0) is 13.8. The Morgan fingerprint density at radius 3 is 2.40 bits per heavy atom. The lowest BCUT2D eigenvalue weighted by Gasteiger charge is -2.20. The van der Waals surface area contributed by atoms with E-state index in [1.807, 2.05) is 30.3 Å². The fourth-order valence-electron chi connectivity index (χ4n) is 1.96. The van der Waals surface area contributed by atoms with Gasteiger partial charge in [-0.15, -0.1) is 12.4 Å². The van der Waals surface area contributed by atoms with Crippen molar-refractivity contribution in [2.75, 3.05) is 0 Å². The monoisotopic (exact) mass is 359 g/mol. The second kappa shape index (κ2) is 7.74. The molecule has 0 aliphatic heterocycles. The fraction of sp³-hybridized carbons (Fsp3) is 0.200. The molecule has 2 nitrogen and oxygen atoms in total. The summed E-state index contributed by atoms with van der Waals surface area (Å²) in [5.41, 5.74) is 7.23. The zero-order valence-electron chi connectivity index (χ0n) is 10.7. The van der Waals surface area contributed by atoms with E-state index in [-0.39, 0.29) is 12.4 Å². The van der Waals surface area contributed by atoms with Crippen LogP contribution in [0.2, 0.25) is 0 Å². The van der Waals surface area contributed by atoms with E-state index in [0.717, 1.165) is 5.56 Å². The molecule has 0 unspecified atom stereocenters. The first-order chi connectivity index (χ1) is 9.08. The minimum Gasteiger partial charge on any atom is -0.391 e. The summed E-state index contributed by atoms with van der Waals surface area (Å²) in [6.45, 7) is 0. The Hall–Kier alpha value is -0.940. The Labute approximate surface area is 132 Å². The van der Waals surface area contributed by atoms with Gasteiger partial charge in [-0.3, -0.25) is 0 Å². The third-order valence-electron chi connectivity index (χ3n) is 3.02. The van der Waals surface area contributed by atoms with Crippen molar-refractivity contribution in [2.24, 2.45) is 5.73 Å². The average Bonchev–Trinajstić information content (AvgIpc) is 2.39. The van der Waals surface area contributed by atoms with Gasteiger partial charge in [-0.25, -0.2) is 4.39 Å². The van der Waals surface area contributed by atoms with Gasteiger partial charge in [-0.1, -0.05) is 52.3 Å². The van der Waals surface area contributed by atoms with Gasteiger partial charge >= 0.3 is 0 Å². The van der Waals surface area contributed by atoms with E-state index in [0.29, 0.717) is 16.5 Å². The highest BCUT2D eigenvalue weighted by atomic mass is 79.9. The number of hydrogen-bond acceptors (Lipinski definition) is 2. The first kappa shape index (κ1) is 17.1. The zero-order valence-corrected chi connectivity index (χ0v) is 13.1. The van der Waals surface area contributed by atoms with Crippen molar-refractivity contribution >= 4 is 28.3 Å². The quantitative estimate of drug-likeness (QED) is 0.875. The van der Waals surface area contributed by atoms with Crippen LogP contribution in [-0.2, 0) is 6.42 Å². The molecule has 0 saturated heterocycles. The Bertz CT molecular complexity index is 553. The smallest absolute Gasteiger partial charge is 0.129 e.